The average Bonchev–Trinajstić information content (AvgIpc) is 2.96. The maximum Gasteiger partial charge on any atom is 0.00851 e. The molecule has 2 aromatic rings. The Morgan fingerprint density at radius 1 is 0.727 bits per heavy atom. The summed E-state index contributed by atoms with van der Waals surface area (Å²) in [5, 5.41) is 0. The maximum absolute atomic E-state index is 2.37. The SMILES string of the molecule is CC(C)c1ccc(C(C)(C)C(C)c2ccc(C(C)C)s2)cc1. The first-order chi connectivity index (χ1) is 10.2. The van der Waals surface area contributed by atoms with Crippen LogP contribution < -0.4 is 0 Å². The van der Waals surface area contributed by atoms with Gasteiger partial charge in [-0.05, 0) is 46.4 Å². The highest BCUT2D eigenvalue weighted by molar-refractivity contribution is 7.12. The fraction of sp³-hybridized carbons (Fsp3) is 0.524. The van der Waals surface area contributed by atoms with E-state index in [1.54, 1.807) is 0 Å². The molecule has 0 fully saturated rings. The van der Waals surface area contributed by atoms with E-state index in [2.05, 4.69) is 84.9 Å². The molecular formula is C21H30S. The molecule has 0 saturated heterocycles. The van der Waals surface area contributed by atoms with Crippen LogP contribution in [0.25, 0.3) is 0 Å². The summed E-state index contributed by atoms with van der Waals surface area (Å²) in [5.41, 5.74) is 3.00. The Labute approximate surface area is 140 Å². The Morgan fingerprint density at radius 2 is 1.27 bits per heavy atom. The van der Waals surface area contributed by atoms with Crippen molar-refractivity contribution in [1.29, 1.82) is 0 Å². The normalized spacial score (nSPS) is 13.9. The van der Waals surface area contributed by atoms with Crippen molar-refractivity contribution in [2.24, 2.45) is 0 Å². The molecule has 0 N–H and O–H groups in total. The van der Waals surface area contributed by atoms with Gasteiger partial charge >= 0.3 is 0 Å². The molecule has 1 aromatic heterocycles. The van der Waals surface area contributed by atoms with Crippen LogP contribution in [0.15, 0.2) is 36.4 Å². The third kappa shape index (κ3) is 3.46. The molecule has 0 aliphatic carbocycles. The van der Waals surface area contributed by atoms with E-state index in [1.165, 1.54) is 20.9 Å². The molecule has 0 nitrogen and oxygen atoms in total. The third-order valence-corrected chi connectivity index (χ3v) is 6.62. The van der Waals surface area contributed by atoms with Crippen LogP contribution in [-0.2, 0) is 5.41 Å². The second-order valence-electron chi connectivity index (χ2n) is 7.61. The Kier molecular flexibility index (Phi) is 5.17. The standard InChI is InChI=1S/C21H30S/c1-14(2)17-8-10-18(11-9-17)21(6,7)16(5)20-13-12-19(22-20)15(3)4/h8-16H,1-7H3. The van der Waals surface area contributed by atoms with Crippen molar-refractivity contribution in [3.8, 4) is 0 Å². The second-order valence-corrected chi connectivity index (χ2v) is 8.76. The van der Waals surface area contributed by atoms with Crippen LogP contribution in [-0.4, -0.2) is 0 Å². The van der Waals surface area contributed by atoms with E-state index >= 15 is 0 Å². The van der Waals surface area contributed by atoms with Crippen molar-refractivity contribution in [3.05, 3.63) is 57.3 Å². The molecular weight excluding hydrogens is 284 g/mol. The van der Waals surface area contributed by atoms with Crippen LogP contribution in [0.5, 0.6) is 0 Å². The van der Waals surface area contributed by atoms with Gasteiger partial charge in [0, 0.05) is 9.75 Å². The quantitative estimate of drug-likeness (QED) is 0.553. The van der Waals surface area contributed by atoms with Gasteiger partial charge in [0.15, 0.2) is 0 Å². The smallest absolute Gasteiger partial charge is 0.00851 e. The van der Waals surface area contributed by atoms with Crippen molar-refractivity contribution in [2.45, 2.75) is 71.6 Å². The van der Waals surface area contributed by atoms with Crippen molar-refractivity contribution >= 4 is 11.3 Å². The molecule has 2 rings (SSSR count). The van der Waals surface area contributed by atoms with E-state index in [1.807, 2.05) is 11.3 Å². The molecule has 0 saturated carbocycles. The summed E-state index contributed by atoms with van der Waals surface area (Å²) < 4.78 is 0. The number of thiophene rings is 1. The van der Waals surface area contributed by atoms with E-state index in [-0.39, 0.29) is 5.41 Å². The minimum Gasteiger partial charge on any atom is -0.145 e. The van der Waals surface area contributed by atoms with Crippen LogP contribution in [0.1, 0.15) is 87.1 Å². The molecule has 1 atom stereocenters. The fourth-order valence-electron chi connectivity index (χ4n) is 2.81. The van der Waals surface area contributed by atoms with Gasteiger partial charge in [-0.3, -0.25) is 0 Å². The zero-order chi connectivity index (χ0) is 16.5. The topological polar surface area (TPSA) is 0 Å². The van der Waals surface area contributed by atoms with Crippen molar-refractivity contribution < 1.29 is 0 Å². The highest BCUT2D eigenvalue weighted by Crippen LogP contribution is 2.42. The summed E-state index contributed by atoms with van der Waals surface area (Å²) in [4.78, 5) is 2.99. The van der Waals surface area contributed by atoms with Crippen LogP contribution in [0.3, 0.4) is 0 Å². The van der Waals surface area contributed by atoms with E-state index in [9.17, 15) is 0 Å². The molecule has 0 bridgehead atoms. The predicted molar refractivity (Wildman–Crippen MR) is 100 cm³/mol. The molecule has 1 heterocycles. The Bertz CT molecular complexity index is 599. The molecule has 0 radical (unpaired) electrons. The minimum atomic E-state index is 0.147. The minimum absolute atomic E-state index is 0.147. The molecule has 0 aliphatic rings. The zero-order valence-electron chi connectivity index (χ0n) is 15.1. The predicted octanol–water partition coefficient (Wildman–Crippen LogP) is 7.08. The van der Waals surface area contributed by atoms with Gasteiger partial charge in [-0.2, -0.15) is 0 Å². The summed E-state index contributed by atoms with van der Waals surface area (Å²) >= 11 is 1.98. The molecule has 0 spiro atoms. The van der Waals surface area contributed by atoms with E-state index in [0.29, 0.717) is 17.8 Å². The molecule has 1 aromatic carbocycles. The number of hydrogen-bond donors (Lipinski definition) is 0. The lowest BCUT2D eigenvalue weighted by Gasteiger charge is -2.32. The first-order valence-electron chi connectivity index (χ1n) is 8.43. The number of benzene rings is 1. The first kappa shape index (κ1) is 17.3. The summed E-state index contributed by atoms with van der Waals surface area (Å²) in [5.74, 6) is 1.75. The highest BCUT2D eigenvalue weighted by Gasteiger charge is 2.30. The molecule has 0 aliphatic heterocycles. The molecule has 1 heteroatoms. The van der Waals surface area contributed by atoms with Crippen LogP contribution in [0, 0.1) is 0 Å². The molecule has 120 valence electrons. The van der Waals surface area contributed by atoms with Gasteiger partial charge < -0.3 is 0 Å². The first-order valence-corrected chi connectivity index (χ1v) is 9.25. The van der Waals surface area contributed by atoms with Gasteiger partial charge in [-0.1, -0.05) is 72.7 Å². The lowest BCUT2D eigenvalue weighted by Crippen LogP contribution is -2.24. The second kappa shape index (κ2) is 6.58. The summed E-state index contributed by atoms with van der Waals surface area (Å²) in [6.07, 6.45) is 0. The largest absolute Gasteiger partial charge is 0.145 e. The lowest BCUT2D eigenvalue weighted by atomic mass is 9.73. The maximum atomic E-state index is 2.37. The number of hydrogen-bond acceptors (Lipinski definition) is 1. The van der Waals surface area contributed by atoms with Crippen molar-refractivity contribution in [2.75, 3.05) is 0 Å². The fourth-order valence-corrected chi connectivity index (χ4v) is 4.07. The van der Waals surface area contributed by atoms with Crippen LogP contribution in [0.2, 0.25) is 0 Å². The van der Waals surface area contributed by atoms with Gasteiger partial charge in [0.25, 0.3) is 0 Å². The molecule has 1 unspecified atom stereocenters. The van der Waals surface area contributed by atoms with Crippen molar-refractivity contribution in [3.63, 3.8) is 0 Å². The van der Waals surface area contributed by atoms with E-state index in [4.69, 9.17) is 0 Å². The van der Waals surface area contributed by atoms with Gasteiger partial charge in [0.2, 0.25) is 0 Å². The highest BCUT2D eigenvalue weighted by atomic mass is 32.1. The average molecular weight is 315 g/mol. The van der Waals surface area contributed by atoms with Gasteiger partial charge in [0.05, 0.1) is 0 Å². The number of rotatable bonds is 5. The zero-order valence-corrected chi connectivity index (χ0v) is 15.9. The van der Waals surface area contributed by atoms with Crippen molar-refractivity contribution in [1.82, 2.24) is 0 Å². The van der Waals surface area contributed by atoms with Crippen LogP contribution in [0.4, 0.5) is 0 Å². The summed E-state index contributed by atoms with van der Waals surface area (Å²) in [6.45, 7) is 16.2. The monoisotopic (exact) mass is 314 g/mol. The van der Waals surface area contributed by atoms with E-state index < -0.39 is 0 Å². The van der Waals surface area contributed by atoms with Crippen LogP contribution >= 0.6 is 11.3 Å². The molecule has 22 heavy (non-hydrogen) atoms. The Morgan fingerprint density at radius 3 is 1.73 bits per heavy atom. The van der Waals surface area contributed by atoms with Gasteiger partial charge in [-0.25, -0.2) is 0 Å². The van der Waals surface area contributed by atoms with Gasteiger partial charge in [-0.15, -0.1) is 11.3 Å². The van der Waals surface area contributed by atoms with E-state index in [0.717, 1.165) is 0 Å². The third-order valence-electron chi connectivity index (χ3n) is 5.05. The molecule has 0 amide bonds. The van der Waals surface area contributed by atoms with Gasteiger partial charge in [0.1, 0.15) is 0 Å². The Hall–Kier alpha value is -1.08. The Balaban J connectivity index is 2.27. The lowest BCUT2D eigenvalue weighted by molar-refractivity contribution is 0.441. The summed E-state index contributed by atoms with van der Waals surface area (Å²) in [6, 6.07) is 13.9. The summed E-state index contributed by atoms with van der Waals surface area (Å²) in [7, 11) is 0.